The average Bonchev–Trinajstić information content (AvgIpc) is 2.66. The lowest BCUT2D eigenvalue weighted by molar-refractivity contribution is -0.126. The number of carbonyl (C=O) groups is 2. The number of urea groups is 1. The summed E-state index contributed by atoms with van der Waals surface area (Å²) in [5.74, 6) is -0.265. The maximum Gasteiger partial charge on any atom is 0.327 e. The van der Waals surface area contributed by atoms with Crippen molar-refractivity contribution in [2.75, 3.05) is 20.1 Å². The van der Waals surface area contributed by atoms with Crippen LogP contribution in [0.2, 0.25) is 0 Å². The molecule has 0 spiro atoms. The normalized spacial score (nSPS) is 16.9. The van der Waals surface area contributed by atoms with Gasteiger partial charge >= 0.3 is 6.03 Å². The van der Waals surface area contributed by atoms with Crippen LogP contribution < -0.4 is 0 Å². The van der Waals surface area contributed by atoms with Gasteiger partial charge in [-0.1, -0.05) is 37.6 Å². The van der Waals surface area contributed by atoms with Crippen LogP contribution in [0.15, 0.2) is 24.3 Å². The SMILES string of the molecule is CCCc1ccc(C(O)CN2C(=O)CN(C)C2=O)cc1. The molecule has 0 radical (unpaired) electrons. The molecule has 0 bridgehead atoms. The maximum absolute atomic E-state index is 11.7. The maximum atomic E-state index is 11.7. The first-order valence-corrected chi connectivity index (χ1v) is 6.85. The average molecular weight is 276 g/mol. The van der Waals surface area contributed by atoms with Crippen molar-refractivity contribution in [1.29, 1.82) is 0 Å². The zero-order valence-corrected chi connectivity index (χ0v) is 11.9. The second kappa shape index (κ2) is 6.05. The Bertz CT molecular complexity index is 498. The molecule has 0 aromatic heterocycles. The Hall–Kier alpha value is -1.88. The standard InChI is InChI=1S/C15H20N2O3/c1-3-4-11-5-7-12(8-6-11)13(18)9-17-14(19)10-16(2)15(17)20/h5-8,13,18H,3-4,9-10H2,1-2H3. The van der Waals surface area contributed by atoms with Crippen LogP contribution in [0, 0.1) is 0 Å². The van der Waals surface area contributed by atoms with Gasteiger partial charge in [0.25, 0.3) is 0 Å². The van der Waals surface area contributed by atoms with Gasteiger partial charge in [-0.2, -0.15) is 0 Å². The lowest BCUT2D eigenvalue weighted by atomic mass is 10.0. The first kappa shape index (κ1) is 14.5. The summed E-state index contributed by atoms with van der Waals surface area (Å²) < 4.78 is 0. The van der Waals surface area contributed by atoms with Crippen LogP contribution in [0.3, 0.4) is 0 Å². The first-order valence-electron chi connectivity index (χ1n) is 6.85. The Kier molecular flexibility index (Phi) is 4.39. The molecule has 1 unspecified atom stereocenters. The fourth-order valence-corrected chi connectivity index (χ4v) is 2.32. The van der Waals surface area contributed by atoms with E-state index in [1.165, 1.54) is 10.5 Å². The number of amides is 3. The number of aliphatic hydroxyl groups excluding tert-OH is 1. The Labute approximate surface area is 118 Å². The second-order valence-electron chi connectivity index (χ2n) is 5.15. The quantitative estimate of drug-likeness (QED) is 0.830. The van der Waals surface area contributed by atoms with E-state index in [4.69, 9.17) is 0 Å². The summed E-state index contributed by atoms with van der Waals surface area (Å²) >= 11 is 0. The highest BCUT2D eigenvalue weighted by Crippen LogP contribution is 2.18. The predicted molar refractivity (Wildman–Crippen MR) is 75.1 cm³/mol. The van der Waals surface area contributed by atoms with Gasteiger partial charge in [0.2, 0.25) is 5.91 Å². The van der Waals surface area contributed by atoms with Gasteiger partial charge in [-0.05, 0) is 17.5 Å². The van der Waals surface area contributed by atoms with Gasteiger partial charge in [0, 0.05) is 7.05 Å². The Balaban J connectivity index is 2.02. The van der Waals surface area contributed by atoms with E-state index in [0.29, 0.717) is 0 Å². The molecule has 1 aliphatic heterocycles. The number of rotatable bonds is 5. The van der Waals surface area contributed by atoms with Crippen molar-refractivity contribution in [1.82, 2.24) is 9.80 Å². The van der Waals surface area contributed by atoms with Gasteiger partial charge in [-0.3, -0.25) is 9.69 Å². The number of aryl methyl sites for hydroxylation is 1. The van der Waals surface area contributed by atoms with E-state index in [1.807, 2.05) is 24.3 Å². The molecule has 1 heterocycles. The van der Waals surface area contributed by atoms with Crippen LogP contribution in [0.1, 0.15) is 30.6 Å². The molecular weight excluding hydrogens is 256 g/mol. The summed E-state index contributed by atoms with van der Waals surface area (Å²) in [6.45, 7) is 2.21. The monoisotopic (exact) mass is 276 g/mol. The molecule has 1 atom stereocenters. The van der Waals surface area contributed by atoms with Gasteiger partial charge in [-0.15, -0.1) is 0 Å². The molecule has 1 fully saturated rings. The Morgan fingerprint density at radius 1 is 1.25 bits per heavy atom. The van der Waals surface area contributed by atoms with Crippen molar-refractivity contribution in [2.45, 2.75) is 25.9 Å². The molecule has 3 amide bonds. The van der Waals surface area contributed by atoms with Crippen LogP contribution in [0.5, 0.6) is 0 Å². The molecule has 1 aliphatic rings. The van der Waals surface area contributed by atoms with Crippen molar-refractivity contribution < 1.29 is 14.7 Å². The van der Waals surface area contributed by atoms with Gasteiger partial charge in [-0.25, -0.2) is 4.79 Å². The van der Waals surface area contributed by atoms with Crippen molar-refractivity contribution in [3.8, 4) is 0 Å². The topological polar surface area (TPSA) is 60.9 Å². The van der Waals surface area contributed by atoms with Crippen LogP contribution in [0.4, 0.5) is 4.79 Å². The van der Waals surface area contributed by atoms with Crippen LogP contribution in [-0.4, -0.2) is 47.0 Å². The highest BCUT2D eigenvalue weighted by atomic mass is 16.3. The number of imide groups is 1. The molecule has 5 nitrogen and oxygen atoms in total. The number of benzene rings is 1. The molecule has 2 rings (SSSR count). The van der Waals surface area contributed by atoms with E-state index in [1.54, 1.807) is 7.05 Å². The first-order chi connectivity index (χ1) is 9.52. The molecule has 5 heteroatoms. The fourth-order valence-electron chi connectivity index (χ4n) is 2.32. The molecule has 1 N–H and O–H groups in total. The summed E-state index contributed by atoms with van der Waals surface area (Å²) in [7, 11) is 1.58. The Morgan fingerprint density at radius 2 is 1.90 bits per heavy atom. The van der Waals surface area contributed by atoms with E-state index >= 15 is 0 Å². The molecule has 1 aromatic carbocycles. The number of carbonyl (C=O) groups excluding carboxylic acids is 2. The number of likely N-dealkylation sites (N-methyl/N-ethyl adjacent to an activating group) is 1. The van der Waals surface area contributed by atoms with Gasteiger partial charge in [0.05, 0.1) is 12.6 Å². The van der Waals surface area contributed by atoms with Crippen molar-refractivity contribution in [3.63, 3.8) is 0 Å². The molecule has 20 heavy (non-hydrogen) atoms. The number of β-amino-alcohol motifs (C(OH)–C–C–N with tert-alkyl or cyclic N) is 1. The van der Waals surface area contributed by atoms with Gasteiger partial charge in [0.15, 0.2) is 0 Å². The zero-order chi connectivity index (χ0) is 14.7. The van der Waals surface area contributed by atoms with Crippen molar-refractivity contribution in [2.24, 2.45) is 0 Å². The van der Waals surface area contributed by atoms with E-state index in [-0.39, 0.29) is 25.0 Å². The Morgan fingerprint density at radius 3 is 2.40 bits per heavy atom. The van der Waals surface area contributed by atoms with Gasteiger partial charge < -0.3 is 10.0 Å². The van der Waals surface area contributed by atoms with E-state index < -0.39 is 6.10 Å². The largest absolute Gasteiger partial charge is 0.387 e. The minimum atomic E-state index is -0.843. The summed E-state index contributed by atoms with van der Waals surface area (Å²) in [6, 6.07) is 7.30. The van der Waals surface area contributed by atoms with E-state index in [9.17, 15) is 14.7 Å². The van der Waals surface area contributed by atoms with E-state index in [2.05, 4.69) is 6.92 Å². The fraction of sp³-hybridized carbons (Fsp3) is 0.467. The van der Waals surface area contributed by atoms with Crippen LogP contribution in [-0.2, 0) is 11.2 Å². The molecule has 1 saturated heterocycles. The summed E-state index contributed by atoms with van der Waals surface area (Å²) in [6.07, 6.45) is 1.24. The molecular formula is C15H20N2O3. The second-order valence-corrected chi connectivity index (χ2v) is 5.15. The predicted octanol–water partition coefficient (Wildman–Crippen LogP) is 1.57. The number of nitrogens with zero attached hydrogens (tertiary/aromatic N) is 2. The molecule has 0 saturated carbocycles. The highest BCUT2D eigenvalue weighted by Gasteiger charge is 2.34. The highest BCUT2D eigenvalue weighted by molar-refractivity contribution is 6.01. The minimum Gasteiger partial charge on any atom is -0.387 e. The van der Waals surface area contributed by atoms with Crippen LogP contribution >= 0.6 is 0 Å². The van der Waals surface area contributed by atoms with Crippen molar-refractivity contribution >= 4 is 11.9 Å². The van der Waals surface area contributed by atoms with Crippen molar-refractivity contribution in [3.05, 3.63) is 35.4 Å². The lowest BCUT2D eigenvalue weighted by Crippen LogP contribution is -2.35. The third-order valence-corrected chi connectivity index (χ3v) is 3.49. The summed E-state index contributed by atoms with van der Waals surface area (Å²) in [5.41, 5.74) is 1.94. The molecule has 108 valence electrons. The van der Waals surface area contributed by atoms with Crippen LogP contribution in [0.25, 0.3) is 0 Å². The lowest BCUT2D eigenvalue weighted by Gasteiger charge is -2.18. The van der Waals surface area contributed by atoms with Gasteiger partial charge in [0.1, 0.15) is 6.54 Å². The summed E-state index contributed by atoms with van der Waals surface area (Å²) in [4.78, 5) is 25.8. The number of hydrogen-bond acceptors (Lipinski definition) is 3. The number of hydrogen-bond donors (Lipinski definition) is 1. The summed E-state index contributed by atoms with van der Waals surface area (Å²) in [5, 5.41) is 10.2. The third kappa shape index (κ3) is 2.99. The minimum absolute atomic E-state index is 0.00906. The number of aliphatic hydroxyl groups is 1. The zero-order valence-electron chi connectivity index (χ0n) is 11.9. The molecule has 1 aromatic rings. The molecule has 0 aliphatic carbocycles. The van der Waals surface area contributed by atoms with E-state index in [0.717, 1.165) is 23.3 Å². The third-order valence-electron chi connectivity index (χ3n) is 3.49. The smallest absolute Gasteiger partial charge is 0.327 e.